The molecule has 0 saturated heterocycles. The van der Waals surface area contributed by atoms with Gasteiger partial charge in [-0.1, -0.05) is 36.4 Å². The summed E-state index contributed by atoms with van der Waals surface area (Å²) >= 11 is 0. The Morgan fingerprint density at radius 2 is 1.95 bits per heavy atom. The number of guanidine groups is 1. The molecule has 0 radical (unpaired) electrons. The molecule has 0 aliphatic heterocycles. The van der Waals surface area contributed by atoms with Crippen molar-refractivity contribution in [1.29, 1.82) is 5.41 Å². The third-order valence-electron chi connectivity index (χ3n) is 3.11. The van der Waals surface area contributed by atoms with Gasteiger partial charge in [0.05, 0.1) is 13.2 Å². The van der Waals surface area contributed by atoms with Gasteiger partial charge < -0.3 is 10.5 Å². The zero-order valence-electron chi connectivity index (χ0n) is 12.1. The Balaban J connectivity index is 2.17. The Labute approximate surface area is 124 Å². The van der Waals surface area contributed by atoms with E-state index in [0.29, 0.717) is 19.0 Å². The lowest BCUT2D eigenvalue weighted by Gasteiger charge is -2.21. The smallest absolute Gasteiger partial charge is 0.194 e. The van der Waals surface area contributed by atoms with Gasteiger partial charge >= 0.3 is 0 Å². The largest absolute Gasteiger partial charge is 0.383 e. The number of nitrogens with two attached hydrogens (primary N) is 1. The molecule has 2 aromatic rings. The van der Waals surface area contributed by atoms with E-state index in [2.05, 4.69) is 17.1 Å². The summed E-state index contributed by atoms with van der Waals surface area (Å²) < 4.78 is 5.05. The molecule has 0 amide bonds. The van der Waals surface area contributed by atoms with E-state index in [0.717, 1.165) is 12.1 Å². The van der Waals surface area contributed by atoms with Crippen molar-refractivity contribution in [1.82, 2.24) is 4.98 Å². The summed E-state index contributed by atoms with van der Waals surface area (Å²) in [4.78, 5) is 6.23. The van der Waals surface area contributed by atoms with Gasteiger partial charge in [0.1, 0.15) is 5.82 Å². The number of anilines is 1. The normalized spacial score (nSPS) is 10.3. The van der Waals surface area contributed by atoms with Crippen LogP contribution in [0.15, 0.2) is 48.5 Å². The summed E-state index contributed by atoms with van der Waals surface area (Å²) in [5.41, 5.74) is 7.77. The molecular formula is C16H20N4O. The average molecular weight is 284 g/mol. The summed E-state index contributed by atoms with van der Waals surface area (Å²) in [6, 6.07) is 15.9. The van der Waals surface area contributed by atoms with Gasteiger partial charge in [0.15, 0.2) is 5.96 Å². The second kappa shape index (κ2) is 7.40. The van der Waals surface area contributed by atoms with Crippen molar-refractivity contribution in [3.05, 3.63) is 59.8 Å². The van der Waals surface area contributed by atoms with Crippen LogP contribution in [-0.4, -0.2) is 31.2 Å². The van der Waals surface area contributed by atoms with Crippen molar-refractivity contribution in [3.8, 4) is 0 Å². The summed E-state index contributed by atoms with van der Waals surface area (Å²) in [5, 5.41) is 7.67. The van der Waals surface area contributed by atoms with E-state index in [1.165, 1.54) is 5.56 Å². The van der Waals surface area contributed by atoms with Gasteiger partial charge in [0.25, 0.3) is 0 Å². The van der Waals surface area contributed by atoms with Crippen LogP contribution in [0, 0.1) is 5.41 Å². The Morgan fingerprint density at radius 3 is 2.62 bits per heavy atom. The van der Waals surface area contributed by atoms with E-state index < -0.39 is 0 Å². The number of rotatable bonds is 6. The van der Waals surface area contributed by atoms with Crippen molar-refractivity contribution in [2.75, 3.05) is 25.2 Å². The first-order valence-electron chi connectivity index (χ1n) is 6.81. The first kappa shape index (κ1) is 15.0. The molecule has 2 rings (SSSR count). The summed E-state index contributed by atoms with van der Waals surface area (Å²) in [7, 11) is 1.62. The number of aromatic nitrogens is 1. The van der Waals surface area contributed by atoms with E-state index in [9.17, 15) is 0 Å². The quantitative estimate of drug-likeness (QED) is 0.628. The minimum atomic E-state index is -0.0311. The molecule has 0 atom stereocenters. The van der Waals surface area contributed by atoms with Crippen LogP contribution in [0.25, 0.3) is 0 Å². The molecule has 0 aliphatic carbocycles. The minimum absolute atomic E-state index is 0.0311. The van der Waals surface area contributed by atoms with Crippen molar-refractivity contribution in [2.45, 2.75) is 6.42 Å². The second-order valence-electron chi connectivity index (χ2n) is 4.68. The number of hydrogen-bond donors (Lipinski definition) is 2. The molecule has 5 heteroatoms. The number of pyridine rings is 1. The number of methoxy groups -OCH3 is 1. The van der Waals surface area contributed by atoms with Gasteiger partial charge in [-0.25, -0.2) is 4.98 Å². The van der Waals surface area contributed by atoms with Crippen LogP contribution in [0.4, 0.5) is 5.82 Å². The molecular weight excluding hydrogens is 264 g/mol. The predicted molar refractivity (Wildman–Crippen MR) is 84.6 cm³/mol. The lowest BCUT2D eigenvalue weighted by atomic mass is 10.1. The molecule has 3 N–H and O–H groups in total. The maximum atomic E-state index is 7.67. The Kier molecular flexibility index (Phi) is 5.29. The first-order valence-corrected chi connectivity index (χ1v) is 6.81. The number of nitrogens with one attached hydrogen (secondary N) is 1. The highest BCUT2D eigenvalue weighted by molar-refractivity contribution is 5.91. The molecule has 0 spiro atoms. The maximum absolute atomic E-state index is 7.67. The molecule has 21 heavy (non-hydrogen) atoms. The highest BCUT2D eigenvalue weighted by Crippen LogP contribution is 2.14. The van der Waals surface area contributed by atoms with E-state index in [-0.39, 0.29) is 5.96 Å². The fourth-order valence-corrected chi connectivity index (χ4v) is 2.06. The minimum Gasteiger partial charge on any atom is -0.383 e. The van der Waals surface area contributed by atoms with Crippen LogP contribution in [0.5, 0.6) is 0 Å². The second-order valence-corrected chi connectivity index (χ2v) is 4.68. The third-order valence-corrected chi connectivity index (χ3v) is 3.11. The molecule has 5 nitrogen and oxygen atoms in total. The average Bonchev–Trinajstić information content (AvgIpc) is 2.49. The Morgan fingerprint density at radius 1 is 1.19 bits per heavy atom. The fraction of sp³-hybridized carbons (Fsp3) is 0.250. The van der Waals surface area contributed by atoms with Crippen molar-refractivity contribution < 1.29 is 4.74 Å². The highest BCUT2D eigenvalue weighted by atomic mass is 16.5. The summed E-state index contributed by atoms with van der Waals surface area (Å²) in [6.07, 6.45) is 0.755. The van der Waals surface area contributed by atoms with Gasteiger partial charge in [0.2, 0.25) is 0 Å². The van der Waals surface area contributed by atoms with Gasteiger partial charge in [-0.05, 0) is 17.7 Å². The topological polar surface area (TPSA) is 75.2 Å². The van der Waals surface area contributed by atoms with Gasteiger partial charge in [-0.2, -0.15) is 0 Å². The predicted octanol–water partition coefficient (Wildman–Crippen LogP) is 2.02. The van der Waals surface area contributed by atoms with Gasteiger partial charge in [-0.15, -0.1) is 0 Å². The summed E-state index contributed by atoms with van der Waals surface area (Å²) in [5.74, 6) is 0.643. The standard InChI is InChI=1S/C16H20N4O/c1-21-11-10-20(16(17)18)15-9-5-8-14(19-15)12-13-6-3-2-4-7-13/h2-9H,10-12H2,1H3,(H3,17,18). The molecule has 0 bridgehead atoms. The third kappa shape index (κ3) is 4.29. The van der Waals surface area contributed by atoms with Crippen molar-refractivity contribution in [2.24, 2.45) is 5.73 Å². The van der Waals surface area contributed by atoms with Crippen LogP contribution in [-0.2, 0) is 11.2 Å². The van der Waals surface area contributed by atoms with E-state index in [1.807, 2.05) is 36.4 Å². The molecule has 1 heterocycles. The molecule has 1 aromatic carbocycles. The van der Waals surface area contributed by atoms with Crippen molar-refractivity contribution in [3.63, 3.8) is 0 Å². The van der Waals surface area contributed by atoms with Crippen LogP contribution in [0.3, 0.4) is 0 Å². The van der Waals surface area contributed by atoms with Crippen molar-refractivity contribution >= 4 is 11.8 Å². The van der Waals surface area contributed by atoms with Crippen LogP contribution in [0.2, 0.25) is 0 Å². The van der Waals surface area contributed by atoms with Crippen LogP contribution < -0.4 is 10.6 Å². The Hall–Kier alpha value is -2.40. The lowest BCUT2D eigenvalue weighted by Crippen LogP contribution is -2.39. The van der Waals surface area contributed by atoms with E-state index >= 15 is 0 Å². The zero-order chi connectivity index (χ0) is 15.1. The highest BCUT2D eigenvalue weighted by Gasteiger charge is 2.11. The van der Waals surface area contributed by atoms with Gasteiger partial charge in [-0.3, -0.25) is 10.3 Å². The number of benzene rings is 1. The Bertz CT molecular complexity index is 586. The number of ether oxygens (including phenoxy) is 1. The molecule has 1 aromatic heterocycles. The van der Waals surface area contributed by atoms with E-state index in [1.54, 1.807) is 12.0 Å². The monoisotopic (exact) mass is 284 g/mol. The first-order chi connectivity index (χ1) is 10.2. The van der Waals surface area contributed by atoms with Gasteiger partial charge in [0, 0.05) is 19.2 Å². The van der Waals surface area contributed by atoms with Crippen LogP contribution in [0.1, 0.15) is 11.3 Å². The maximum Gasteiger partial charge on any atom is 0.194 e. The molecule has 110 valence electrons. The lowest BCUT2D eigenvalue weighted by molar-refractivity contribution is 0.207. The number of nitrogens with zero attached hydrogens (tertiary/aromatic N) is 2. The SMILES string of the molecule is COCCN(C(=N)N)c1cccc(Cc2ccccc2)n1. The molecule has 0 saturated carbocycles. The fourth-order valence-electron chi connectivity index (χ4n) is 2.06. The van der Waals surface area contributed by atoms with Crippen LogP contribution >= 0.6 is 0 Å². The van der Waals surface area contributed by atoms with E-state index in [4.69, 9.17) is 15.9 Å². The zero-order valence-corrected chi connectivity index (χ0v) is 12.1. The molecule has 0 aliphatic rings. The molecule has 0 fully saturated rings. The molecule has 0 unspecified atom stereocenters. The summed E-state index contributed by atoms with van der Waals surface area (Å²) in [6.45, 7) is 0.998. The number of hydrogen-bond acceptors (Lipinski definition) is 3.